The molecule has 29 heavy (non-hydrogen) atoms. The van der Waals surface area contributed by atoms with Gasteiger partial charge in [0.25, 0.3) is 5.56 Å². The molecule has 5 nitrogen and oxygen atoms in total. The Morgan fingerprint density at radius 1 is 1.24 bits per heavy atom. The van der Waals surface area contributed by atoms with E-state index >= 15 is 0 Å². The van der Waals surface area contributed by atoms with E-state index in [1.54, 1.807) is 15.9 Å². The average Bonchev–Trinajstić information content (AvgIpc) is 3.08. The molecule has 0 radical (unpaired) electrons. The number of hydrogen-bond donors (Lipinski definition) is 1. The summed E-state index contributed by atoms with van der Waals surface area (Å²) in [5, 5.41) is 4.72. The summed E-state index contributed by atoms with van der Waals surface area (Å²) in [4.78, 5) is 32.8. The number of thioether (sulfide) groups is 1. The van der Waals surface area contributed by atoms with Crippen LogP contribution in [0.3, 0.4) is 0 Å². The number of hydrogen-bond acceptors (Lipinski definition) is 5. The zero-order chi connectivity index (χ0) is 20.5. The van der Waals surface area contributed by atoms with Crippen molar-refractivity contribution in [2.24, 2.45) is 11.8 Å². The number of carbonyl (C=O) groups is 1. The number of aromatic nitrogens is 2. The Bertz CT molecular complexity index is 965. The van der Waals surface area contributed by atoms with Crippen molar-refractivity contribution in [2.75, 3.05) is 5.75 Å². The Kier molecular flexibility index (Phi) is 6.35. The first kappa shape index (κ1) is 20.9. The van der Waals surface area contributed by atoms with Gasteiger partial charge in [-0.2, -0.15) is 0 Å². The molecule has 2 heterocycles. The molecule has 2 aromatic heterocycles. The first-order valence-corrected chi connectivity index (χ1v) is 12.8. The summed E-state index contributed by atoms with van der Waals surface area (Å²) in [6, 6.07) is 0.264. The molecule has 1 amide bonds. The maximum Gasteiger partial charge on any atom is 0.263 e. The van der Waals surface area contributed by atoms with Gasteiger partial charge in [-0.1, -0.05) is 38.5 Å². The number of thiophene rings is 1. The first-order valence-electron chi connectivity index (χ1n) is 11.0. The lowest BCUT2D eigenvalue weighted by atomic mass is 9.78. The van der Waals surface area contributed by atoms with Gasteiger partial charge in [0.2, 0.25) is 5.91 Å². The summed E-state index contributed by atoms with van der Waals surface area (Å²) in [5.74, 6) is 1.52. The van der Waals surface area contributed by atoms with Gasteiger partial charge in [0, 0.05) is 17.5 Å². The fraction of sp³-hybridized carbons (Fsp3) is 0.682. The van der Waals surface area contributed by atoms with Crippen LogP contribution in [0.15, 0.2) is 9.95 Å². The Morgan fingerprint density at radius 2 is 2.03 bits per heavy atom. The second-order valence-corrected chi connectivity index (χ2v) is 10.6. The van der Waals surface area contributed by atoms with E-state index in [1.807, 2.05) is 6.92 Å². The topological polar surface area (TPSA) is 64.0 Å². The van der Waals surface area contributed by atoms with Crippen molar-refractivity contribution >= 4 is 39.2 Å². The number of amides is 1. The molecule has 0 bridgehead atoms. The van der Waals surface area contributed by atoms with Gasteiger partial charge in [-0.15, -0.1) is 11.3 Å². The molecule has 0 saturated heterocycles. The number of carbonyl (C=O) groups excluding carboxylic acids is 1. The molecule has 7 heteroatoms. The molecule has 0 aromatic carbocycles. The lowest BCUT2D eigenvalue weighted by molar-refractivity contribution is -0.120. The first-order chi connectivity index (χ1) is 14.0. The van der Waals surface area contributed by atoms with Crippen molar-refractivity contribution in [1.29, 1.82) is 0 Å². The second kappa shape index (κ2) is 8.80. The minimum absolute atomic E-state index is 0.0448. The molecule has 1 N–H and O–H groups in total. The number of rotatable bonds is 5. The Hall–Kier alpha value is -1.34. The van der Waals surface area contributed by atoms with Crippen molar-refractivity contribution in [1.82, 2.24) is 14.9 Å². The average molecular weight is 434 g/mol. The van der Waals surface area contributed by atoms with Crippen LogP contribution in [0.1, 0.15) is 63.3 Å². The molecule has 0 aliphatic heterocycles. The van der Waals surface area contributed by atoms with Gasteiger partial charge in [-0.25, -0.2) is 4.98 Å². The van der Waals surface area contributed by atoms with E-state index in [2.05, 4.69) is 19.2 Å². The highest BCUT2D eigenvalue weighted by atomic mass is 32.2. The highest BCUT2D eigenvalue weighted by Crippen LogP contribution is 2.35. The van der Waals surface area contributed by atoms with Gasteiger partial charge in [-0.3, -0.25) is 14.2 Å². The summed E-state index contributed by atoms with van der Waals surface area (Å²) in [6.45, 7) is 7.07. The molecule has 2 aliphatic carbocycles. The SMILES string of the molecule is CCn1c(SCC(=O)NC2CCCC(C)C2C)nc2sc3c(c2c1=O)CCCC3. The summed E-state index contributed by atoms with van der Waals surface area (Å²) < 4.78 is 1.74. The lowest BCUT2D eigenvalue weighted by Gasteiger charge is -2.34. The van der Waals surface area contributed by atoms with Crippen LogP contribution < -0.4 is 10.9 Å². The highest BCUT2D eigenvalue weighted by Gasteiger charge is 2.28. The van der Waals surface area contributed by atoms with Crippen LogP contribution in [0.2, 0.25) is 0 Å². The Balaban J connectivity index is 1.52. The van der Waals surface area contributed by atoms with Crippen molar-refractivity contribution in [3.8, 4) is 0 Å². The van der Waals surface area contributed by atoms with E-state index in [4.69, 9.17) is 4.98 Å². The van der Waals surface area contributed by atoms with E-state index in [0.29, 0.717) is 29.3 Å². The maximum atomic E-state index is 13.2. The Morgan fingerprint density at radius 3 is 2.83 bits per heavy atom. The third-order valence-corrected chi connectivity index (χ3v) is 8.90. The summed E-state index contributed by atoms with van der Waals surface area (Å²) in [6.07, 6.45) is 7.89. The predicted octanol–water partition coefficient (Wildman–Crippen LogP) is 4.39. The van der Waals surface area contributed by atoms with Gasteiger partial charge in [-0.05, 0) is 56.4 Å². The number of nitrogens with one attached hydrogen (secondary N) is 1. The van der Waals surface area contributed by atoms with Crippen LogP contribution >= 0.6 is 23.1 Å². The van der Waals surface area contributed by atoms with E-state index in [9.17, 15) is 9.59 Å². The standard InChI is InChI=1S/C22H31N3O2S2/c1-4-25-21(27)19-15-9-5-6-11-17(15)29-20(19)24-22(25)28-12-18(26)23-16-10-7-8-13(2)14(16)3/h13-14,16H,4-12H2,1-3H3,(H,23,26). The van der Waals surface area contributed by atoms with Gasteiger partial charge < -0.3 is 5.32 Å². The van der Waals surface area contributed by atoms with E-state index in [1.165, 1.54) is 41.5 Å². The lowest BCUT2D eigenvalue weighted by Crippen LogP contribution is -2.44. The fourth-order valence-corrected chi connectivity index (χ4v) is 6.95. The number of fused-ring (bicyclic) bond motifs is 3. The molecule has 2 aromatic rings. The highest BCUT2D eigenvalue weighted by molar-refractivity contribution is 7.99. The zero-order valence-electron chi connectivity index (χ0n) is 17.6. The third-order valence-electron chi connectivity index (χ3n) is 6.74. The van der Waals surface area contributed by atoms with Gasteiger partial charge in [0.1, 0.15) is 4.83 Å². The van der Waals surface area contributed by atoms with E-state index in [0.717, 1.165) is 35.9 Å². The largest absolute Gasteiger partial charge is 0.352 e. The second-order valence-electron chi connectivity index (χ2n) is 8.56. The summed E-state index contributed by atoms with van der Waals surface area (Å²) in [5.41, 5.74) is 1.29. The molecule has 1 fully saturated rings. The number of aryl methyl sites for hydroxylation is 2. The van der Waals surface area contributed by atoms with E-state index in [-0.39, 0.29) is 17.5 Å². The number of nitrogens with zero attached hydrogens (tertiary/aromatic N) is 2. The van der Waals surface area contributed by atoms with Gasteiger partial charge >= 0.3 is 0 Å². The molecule has 158 valence electrons. The van der Waals surface area contributed by atoms with Crippen LogP contribution in [-0.2, 0) is 24.2 Å². The van der Waals surface area contributed by atoms with Gasteiger partial charge in [0.15, 0.2) is 5.16 Å². The van der Waals surface area contributed by atoms with Crippen LogP contribution in [0.25, 0.3) is 10.2 Å². The molecule has 3 atom stereocenters. The van der Waals surface area contributed by atoms with Crippen LogP contribution in [0.5, 0.6) is 0 Å². The molecule has 2 aliphatic rings. The monoisotopic (exact) mass is 433 g/mol. The molecular weight excluding hydrogens is 402 g/mol. The summed E-state index contributed by atoms with van der Waals surface area (Å²) >= 11 is 3.06. The maximum absolute atomic E-state index is 13.2. The fourth-order valence-electron chi connectivity index (χ4n) is 4.77. The normalized spacial score (nSPS) is 24.4. The summed E-state index contributed by atoms with van der Waals surface area (Å²) in [7, 11) is 0. The molecule has 4 rings (SSSR count). The Labute approximate surface area is 180 Å². The van der Waals surface area contributed by atoms with Crippen molar-refractivity contribution in [2.45, 2.75) is 83.5 Å². The third kappa shape index (κ3) is 4.13. The predicted molar refractivity (Wildman–Crippen MR) is 121 cm³/mol. The molecule has 3 unspecified atom stereocenters. The van der Waals surface area contributed by atoms with Crippen LogP contribution in [0.4, 0.5) is 0 Å². The smallest absolute Gasteiger partial charge is 0.263 e. The molecular formula is C22H31N3O2S2. The zero-order valence-corrected chi connectivity index (χ0v) is 19.3. The van der Waals surface area contributed by atoms with Crippen molar-refractivity contribution < 1.29 is 4.79 Å². The minimum Gasteiger partial charge on any atom is -0.352 e. The van der Waals surface area contributed by atoms with Crippen LogP contribution in [-0.4, -0.2) is 27.3 Å². The van der Waals surface area contributed by atoms with E-state index < -0.39 is 0 Å². The quantitative estimate of drug-likeness (QED) is 0.561. The van der Waals surface area contributed by atoms with Crippen molar-refractivity contribution in [3.05, 3.63) is 20.8 Å². The molecule has 0 spiro atoms. The van der Waals surface area contributed by atoms with Crippen molar-refractivity contribution in [3.63, 3.8) is 0 Å². The van der Waals surface area contributed by atoms with Crippen LogP contribution in [0, 0.1) is 11.8 Å². The minimum atomic E-state index is 0.0448. The van der Waals surface area contributed by atoms with Gasteiger partial charge in [0.05, 0.1) is 11.1 Å². The molecule has 1 saturated carbocycles.